The summed E-state index contributed by atoms with van der Waals surface area (Å²) in [4.78, 5) is 2.41. The summed E-state index contributed by atoms with van der Waals surface area (Å²) in [6, 6.07) is 0.342. The highest BCUT2D eigenvalue weighted by atomic mass is 16.3. The van der Waals surface area contributed by atoms with Crippen molar-refractivity contribution < 1.29 is 5.11 Å². The standard InChI is InChI=1S/C11H23NO/c1-10(9-13)12-7-4-5-11(2,3)6-8-12/h10,13H,4-9H2,1-3H3. The van der Waals surface area contributed by atoms with Gasteiger partial charge in [0.05, 0.1) is 6.61 Å². The topological polar surface area (TPSA) is 23.5 Å². The molecule has 0 radical (unpaired) electrons. The number of aliphatic hydroxyl groups excluding tert-OH is 1. The summed E-state index contributed by atoms with van der Waals surface area (Å²) >= 11 is 0. The van der Waals surface area contributed by atoms with Gasteiger partial charge in [-0.15, -0.1) is 0 Å². The van der Waals surface area contributed by atoms with E-state index in [1.807, 2.05) is 0 Å². The molecule has 1 fully saturated rings. The SMILES string of the molecule is CC(CO)N1CCCC(C)(C)CC1. The first kappa shape index (κ1) is 11.0. The van der Waals surface area contributed by atoms with E-state index in [1.165, 1.54) is 19.3 Å². The van der Waals surface area contributed by atoms with E-state index in [4.69, 9.17) is 5.11 Å². The molecule has 0 aliphatic carbocycles. The van der Waals surface area contributed by atoms with Gasteiger partial charge < -0.3 is 5.11 Å². The molecule has 13 heavy (non-hydrogen) atoms. The van der Waals surface area contributed by atoms with Crippen LogP contribution in [0.5, 0.6) is 0 Å². The fourth-order valence-electron chi connectivity index (χ4n) is 2.00. The van der Waals surface area contributed by atoms with Gasteiger partial charge in [0, 0.05) is 6.04 Å². The summed E-state index contributed by atoms with van der Waals surface area (Å²) in [5.41, 5.74) is 0.504. The largest absolute Gasteiger partial charge is 0.395 e. The fraction of sp³-hybridized carbons (Fsp3) is 1.00. The van der Waals surface area contributed by atoms with Gasteiger partial charge in [0.15, 0.2) is 0 Å². The minimum absolute atomic E-state index is 0.292. The lowest BCUT2D eigenvalue weighted by atomic mass is 9.85. The van der Waals surface area contributed by atoms with Crippen molar-refractivity contribution >= 4 is 0 Å². The molecular weight excluding hydrogens is 162 g/mol. The summed E-state index contributed by atoms with van der Waals surface area (Å²) in [6.45, 7) is 9.40. The first-order chi connectivity index (χ1) is 6.05. The predicted molar refractivity (Wildman–Crippen MR) is 55.8 cm³/mol. The Kier molecular flexibility index (Phi) is 3.74. The van der Waals surface area contributed by atoms with Crippen LogP contribution < -0.4 is 0 Å². The molecule has 78 valence electrons. The zero-order valence-electron chi connectivity index (χ0n) is 9.21. The van der Waals surface area contributed by atoms with Crippen molar-refractivity contribution in [3.05, 3.63) is 0 Å². The van der Waals surface area contributed by atoms with E-state index in [0.29, 0.717) is 18.1 Å². The van der Waals surface area contributed by atoms with Crippen LogP contribution in [0.1, 0.15) is 40.0 Å². The maximum atomic E-state index is 9.07. The van der Waals surface area contributed by atoms with Crippen LogP contribution >= 0.6 is 0 Å². The Hall–Kier alpha value is -0.0800. The molecule has 0 spiro atoms. The third-order valence-electron chi connectivity index (χ3n) is 3.26. The van der Waals surface area contributed by atoms with Gasteiger partial charge in [0.2, 0.25) is 0 Å². The third-order valence-corrected chi connectivity index (χ3v) is 3.26. The Morgan fingerprint density at radius 3 is 2.62 bits per heavy atom. The van der Waals surface area contributed by atoms with E-state index >= 15 is 0 Å². The van der Waals surface area contributed by atoms with Crippen LogP contribution in [0.15, 0.2) is 0 Å². The van der Waals surface area contributed by atoms with E-state index in [2.05, 4.69) is 25.7 Å². The maximum absolute atomic E-state index is 9.07. The highest BCUT2D eigenvalue weighted by Crippen LogP contribution is 2.30. The molecule has 0 aromatic rings. The monoisotopic (exact) mass is 185 g/mol. The quantitative estimate of drug-likeness (QED) is 0.710. The minimum Gasteiger partial charge on any atom is -0.395 e. The van der Waals surface area contributed by atoms with Crippen LogP contribution in [0.3, 0.4) is 0 Å². The van der Waals surface area contributed by atoms with E-state index in [-0.39, 0.29) is 0 Å². The number of hydrogen-bond acceptors (Lipinski definition) is 2. The lowest BCUT2D eigenvalue weighted by molar-refractivity contribution is 0.134. The molecule has 1 unspecified atom stereocenters. The molecule has 1 rings (SSSR count). The molecule has 1 atom stereocenters. The van der Waals surface area contributed by atoms with Gasteiger partial charge in [-0.2, -0.15) is 0 Å². The molecule has 2 nitrogen and oxygen atoms in total. The zero-order valence-corrected chi connectivity index (χ0v) is 9.21. The van der Waals surface area contributed by atoms with Crippen LogP contribution in [-0.2, 0) is 0 Å². The lowest BCUT2D eigenvalue weighted by Crippen LogP contribution is -2.36. The van der Waals surface area contributed by atoms with Gasteiger partial charge in [-0.25, -0.2) is 0 Å². The summed E-state index contributed by atoms with van der Waals surface area (Å²) in [7, 11) is 0. The average Bonchev–Trinajstić information content (AvgIpc) is 2.25. The maximum Gasteiger partial charge on any atom is 0.0584 e. The van der Waals surface area contributed by atoms with E-state index < -0.39 is 0 Å². The lowest BCUT2D eigenvalue weighted by Gasteiger charge is -2.27. The normalized spacial score (nSPS) is 26.8. The average molecular weight is 185 g/mol. The van der Waals surface area contributed by atoms with Crippen LogP contribution in [-0.4, -0.2) is 35.7 Å². The molecule has 0 aromatic carbocycles. The molecule has 2 heteroatoms. The van der Waals surface area contributed by atoms with E-state index in [0.717, 1.165) is 13.1 Å². The van der Waals surface area contributed by atoms with Crippen LogP contribution in [0, 0.1) is 5.41 Å². The van der Waals surface area contributed by atoms with Gasteiger partial charge in [0.25, 0.3) is 0 Å². The highest BCUT2D eigenvalue weighted by molar-refractivity contribution is 4.78. The second-order valence-corrected chi connectivity index (χ2v) is 5.09. The van der Waals surface area contributed by atoms with Crippen molar-refractivity contribution in [2.45, 2.75) is 46.1 Å². The molecule has 0 aromatic heterocycles. The zero-order chi connectivity index (χ0) is 9.90. The van der Waals surface area contributed by atoms with Crippen LogP contribution in [0.25, 0.3) is 0 Å². The molecule has 1 aliphatic rings. The van der Waals surface area contributed by atoms with Crippen molar-refractivity contribution in [3.8, 4) is 0 Å². The molecule has 1 aliphatic heterocycles. The Labute approximate surface area is 81.9 Å². The van der Waals surface area contributed by atoms with Crippen molar-refractivity contribution in [2.75, 3.05) is 19.7 Å². The summed E-state index contributed by atoms with van der Waals surface area (Å²) in [5.74, 6) is 0. The number of aliphatic hydroxyl groups is 1. The number of rotatable bonds is 2. The number of likely N-dealkylation sites (tertiary alicyclic amines) is 1. The van der Waals surface area contributed by atoms with Gasteiger partial charge in [-0.1, -0.05) is 13.8 Å². The van der Waals surface area contributed by atoms with Crippen LogP contribution in [0.2, 0.25) is 0 Å². The molecule has 0 saturated carbocycles. The van der Waals surface area contributed by atoms with E-state index in [9.17, 15) is 0 Å². The summed E-state index contributed by atoms with van der Waals surface area (Å²) in [6.07, 6.45) is 3.86. The molecular formula is C11H23NO. The summed E-state index contributed by atoms with van der Waals surface area (Å²) < 4.78 is 0. The van der Waals surface area contributed by atoms with Crippen molar-refractivity contribution in [3.63, 3.8) is 0 Å². The predicted octanol–water partition coefficient (Wildman–Crippen LogP) is 1.88. The third kappa shape index (κ3) is 3.28. The fourth-order valence-corrected chi connectivity index (χ4v) is 2.00. The Balaban J connectivity index is 2.45. The first-order valence-electron chi connectivity index (χ1n) is 5.40. The van der Waals surface area contributed by atoms with E-state index in [1.54, 1.807) is 0 Å². The Bertz CT molecular complexity index is 156. The number of nitrogens with zero attached hydrogens (tertiary/aromatic N) is 1. The Morgan fingerprint density at radius 1 is 1.31 bits per heavy atom. The second-order valence-electron chi connectivity index (χ2n) is 5.09. The van der Waals surface area contributed by atoms with Crippen molar-refractivity contribution in [2.24, 2.45) is 5.41 Å². The second kappa shape index (κ2) is 4.43. The van der Waals surface area contributed by atoms with Gasteiger partial charge in [-0.3, -0.25) is 4.90 Å². The first-order valence-corrected chi connectivity index (χ1v) is 5.40. The van der Waals surface area contributed by atoms with Crippen LogP contribution in [0.4, 0.5) is 0 Å². The highest BCUT2D eigenvalue weighted by Gasteiger charge is 2.24. The van der Waals surface area contributed by atoms with Gasteiger partial charge in [0.1, 0.15) is 0 Å². The minimum atomic E-state index is 0.292. The number of hydrogen-bond donors (Lipinski definition) is 1. The molecule has 1 heterocycles. The molecule has 1 saturated heterocycles. The van der Waals surface area contributed by atoms with Gasteiger partial charge >= 0.3 is 0 Å². The molecule has 0 amide bonds. The molecule has 1 N–H and O–H groups in total. The van der Waals surface area contributed by atoms with Crippen molar-refractivity contribution in [1.82, 2.24) is 4.90 Å². The smallest absolute Gasteiger partial charge is 0.0584 e. The van der Waals surface area contributed by atoms with Crippen molar-refractivity contribution in [1.29, 1.82) is 0 Å². The van der Waals surface area contributed by atoms with Gasteiger partial charge in [-0.05, 0) is 44.7 Å². The summed E-state index contributed by atoms with van der Waals surface area (Å²) in [5, 5.41) is 9.07. The Morgan fingerprint density at radius 2 is 2.00 bits per heavy atom. The molecule has 0 bridgehead atoms.